The molecule has 0 aliphatic heterocycles. The van der Waals surface area contributed by atoms with Gasteiger partial charge in [-0.05, 0) is 40.4 Å². The van der Waals surface area contributed by atoms with Crippen molar-refractivity contribution in [3.05, 3.63) is 44.1 Å². The van der Waals surface area contributed by atoms with Gasteiger partial charge in [0.1, 0.15) is 5.15 Å². The van der Waals surface area contributed by atoms with Crippen LogP contribution in [0.2, 0.25) is 5.15 Å². The van der Waals surface area contributed by atoms with E-state index >= 15 is 0 Å². The van der Waals surface area contributed by atoms with E-state index in [1.807, 2.05) is 24.3 Å². The third-order valence-corrected chi connectivity index (χ3v) is 4.39. The molecule has 1 heterocycles. The third kappa shape index (κ3) is 3.77. The molecule has 0 spiro atoms. The predicted molar refractivity (Wildman–Crippen MR) is 86.4 cm³/mol. The highest BCUT2D eigenvalue weighted by Crippen LogP contribution is 2.29. The number of nitrogens with zero attached hydrogens (tertiary/aromatic N) is 2. The molecule has 0 atom stereocenters. The first-order valence-electron chi connectivity index (χ1n) is 5.95. The van der Waals surface area contributed by atoms with Gasteiger partial charge in [0.05, 0.1) is 10.2 Å². The molecule has 0 saturated heterocycles. The summed E-state index contributed by atoms with van der Waals surface area (Å²) in [5.41, 5.74) is 1.90. The Balaban J connectivity index is 2.50. The molecule has 2 nitrogen and oxygen atoms in total. The number of rotatable bonds is 3. The van der Waals surface area contributed by atoms with Crippen LogP contribution in [0.4, 0.5) is 0 Å². The molecule has 0 bridgehead atoms. The van der Waals surface area contributed by atoms with Crippen molar-refractivity contribution in [3.63, 3.8) is 0 Å². The Morgan fingerprint density at radius 3 is 2.58 bits per heavy atom. The predicted octanol–water partition coefficient (Wildman–Crippen LogP) is 5.52. The zero-order chi connectivity index (χ0) is 14.0. The Hall–Kier alpha value is -0.450. The number of hydrogen-bond acceptors (Lipinski definition) is 2. The first-order chi connectivity index (χ1) is 8.97. The van der Waals surface area contributed by atoms with Crippen molar-refractivity contribution < 1.29 is 0 Å². The minimum atomic E-state index is 0.459. The van der Waals surface area contributed by atoms with Crippen molar-refractivity contribution in [2.24, 2.45) is 5.92 Å². The van der Waals surface area contributed by atoms with Crippen LogP contribution in [-0.2, 0) is 6.42 Å². The Labute approximate surface area is 134 Å². The van der Waals surface area contributed by atoms with Crippen LogP contribution in [0.25, 0.3) is 11.4 Å². The van der Waals surface area contributed by atoms with Gasteiger partial charge in [0.15, 0.2) is 5.82 Å². The van der Waals surface area contributed by atoms with E-state index in [0.29, 0.717) is 16.9 Å². The summed E-state index contributed by atoms with van der Waals surface area (Å²) in [5, 5.41) is 0.459. The number of benzene rings is 1. The van der Waals surface area contributed by atoms with Crippen LogP contribution >= 0.6 is 43.5 Å². The minimum absolute atomic E-state index is 0.459. The Kier molecular flexibility index (Phi) is 4.98. The maximum atomic E-state index is 6.18. The molecule has 0 saturated carbocycles. The largest absolute Gasteiger partial charge is 0.232 e. The zero-order valence-corrected chi connectivity index (χ0v) is 14.6. The van der Waals surface area contributed by atoms with Gasteiger partial charge in [-0.25, -0.2) is 9.97 Å². The highest BCUT2D eigenvalue weighted by atomic mass is 79.9. The molecule has 0 fully saturated rings. The van der Waals surface area contributed by atoms with Gasteiger partial charge in [-0.3, -0.25) is 0 Å². The molecule has 1 aromatic carbocycles. The molecule has 0 amide bonds. The van der Waals surface area contributed by atoms with Crippen LogP contribution < -0.4 is 0 Å². The molecule has 100 valence electrons. The third-order valence-electron chi connectivity index (χ3n) is 2.56. The van der Waals surface area contributed by atoms with Crippen molar-refractivity contribution in [2.75, 3.05) is 0 Å². The van der Waals surface area contributed by atoms with Crippen molar-refractivity contribution in [3.8, 4) is 11.4 Å². The molecule has 0 radical (unpaired) electrons. The van der Waals surface area contributed by atoms with E-state index in [1.54, 1.807) is 0 Å². The standard InChI is InChI=1S/C14H13Br2ClN2/c1-8(2)6-11-12(16)13(17)19-14(18-11)9-4-3-5-10(15)7-9/h3-5,7-8H,6H2,1-2H3. The summed E-state index contributed by atoms with van der Waals surface area (Å²) in [4.78, 5) is 8.96. The van der Waals surface area contributed by atoms with Gasteiger partial charge in [0, 0.05) is 10.0 Å². The van der Waals surface area contributed by atoms with Crippen molar-refractivity contribution in [2.45, 2.75) is 20.3 Å². The highest BCUT2D eigenvalue weighted by molar-refractivity contribution is 9.10. The lowest BCUT2D eigenvalue weighted by Gasteiger charge is -2.10. The van der Waals surface area contributed by atoms with Gasteiger partial charge >= 0.3 is 0 Å². The van der Waals surface area contributed by atoms with Crippen molar-refractivity contribution in [1.29, 1.82) is 0 Å². The quantitative estimate of drug-likeness (QED) is 0.630. The van der Waals surface area contributed by atoms with E-state index in [1.165, 1.54) is 0 Å². The van der Waals surface area contributed by atoms with Crippen LogP contribution in [0.3, 0.4) is 0 Å². The SMILES string of the molecule is CC(C)Cc1nc(-c2cccc(Br)c2)nc(Cl)c1Br. The van der Waals surface area contributed by atoms with Crippen molar-refractivity contribution >= 4 is 43.5 Å². The van der Waals surface area contributed by atoms with E-state index in [4.69, 9.17) is 11.6 Å². The fraction of sp³-hybridized carbons (Fsp3) is 0.286. The molecule has 2 aromatic rings. The smallest absolute Gasteiger partial charge is 0.161 e. The summed E-state index contributed by atoms with van der Waals surface area (Å²) in [6.07, 6.45) is 0.865. The van der Waals surface area contributed by atoms with Gasteiger partial charge < -0.3 is 0 Å². The van der Waals surface area contributed by atoms with Gasteiger partial charge in [-0.2, -0.15) is 0 Å². The summed E-state index contributed by atoms with van der Waals surface area (Å²) in [6.45, 7) is 4.31. The first kappa shape index (κ1) is 14.9. The molecule has 0 unspecified atom stereocenters. The summed E-state index contributed by atoms with van der Waals surface area (Å²) >= 11 is 13.1. The summed E-state index contributed by atoms with van der Waals surface area (Å²) in [5.74, 6) is 1.17. The minimum Gasteiger partial charge on any atom is -0.232 e. The van der Waals surface area contributed by atoms with E-state index in [0.717, 1.165) is 26.6 Å². The Bertz CT molecular complexity index is 600. The van der Waals surface area contributed by atoms with E-state index < -0.39 is 0 Å². The van der Waals surface area contributed by atoms with Crippen LogP contribution in [0.5, 0.6) is 0 Å². The van der Waals surface area contributed by atoms with E-state index in [2.05, 4.69) is 55.7 Å². The van der Waals surface area contributed by atoms with Crippen LogP contribution in [0.15, 0.2) is 33.2 Å². The molecule has 19 heavy (non-hydrogen) atoms. The molecule has 1 aromatic heterocycles. The molecule has 2 rings (SSSR count). The van der Waals surface area contributed by atoms with Gasteiger partial charge in [-0.15, -0.1) is 0 Å². The van der Waals surface area contributed by atoms with E-state index in [9.17, 15) is 0 Å². The van der Waals surface area contributed by atoms with Gasteiger partial charge in [0.25, 0.3) is 0 Å². The van der Waals surface area contributed by atoms with Crippen LogP contribution in [-0.4, -0.2) is 9.97 Å². The summed E-state index contributed by atoms with van der Waals surface area (Å²) < 4.78 is 1.79. The zero-order valence-electron chi connectivity index (χ0n) is 10.6. The maximum absolute atomic E-state index is 6.18. The number of hydrogen-bond donors (Lipinski definition) is 0. The lowest BCUT2D eigenvalue weighted by Crippen LogP contribution is -2.02. The van der Waals surface area contributed by atoms with Crippen LogP contribution in [0.1, 0.15) is 19.5 Å². The number of halogens is 3. The molecular weight excluding hydrogens is 391 g/mol. The molecular formula is C14H13Br2ClN2. The second-order valence-corrected chi connectivity index (χ2v) is 6.77. The van der Waals surface area contributed by atoms with Gasteiger partial charge in [0.2, 0.25) is 0 Å². The fourth-order valence-corrected chi connectivity index (χ4v) is 2.67. The summed E-state index contributed by atoms with van der Waals surface area (Å²) in [7, 11) is 0. The second-order valence-electron chi connectivity index (χ2n) is 4.71. The van der Waals surface area contributed by atoms with Crippen molar-refractivity contribution in [1.82, 2.24) is 9.97 Å². The van der Waals surface area contributed by atoms with E-state index in [-0.39, 0.29) is 0 Å². The molecule has 0 aliphatic rings. The topological polar surface area (TPSA) is 25.8 Å². The maximum Gasteiger partial charge on any atom is 0.161 e. The average Bonchev–Trinajstić information content (AvgIpc) is 2.34. The Morgan fingerprint density at radius 2 is 1.95 bits per heavy atom. The summed E-state index contributed by atoms with van der Waals surface area (Å²) in [6, 6.07) is 7.89. The van der Waals surface area contributed by atoms with Gasteiger partial charge in [-0.1, -0.05) is 53.5 Å². The molecule has 0 aliphatic carbocycles. The number of aromatic nitrogens is 2. The Morgan fingerprint density at radius 1 is 1.21 bits per heavy atom. The lowest BCUT2D eigenvalue weighted by molar-refractivity contribution is 0.632. The first-order valence-corrected chi connectivity index (χ1v) is 7.91. The fourth-order valence-electron chi connectivity index (χ4n) is 1.74. The highest BCUT2D eigenvalue weighted by Gasteiger charge is 2.13. The monoisotopic (exact) mass is 402 g/mol. The van der Waals surface area contributed by atoms with Crippen LogP contribution in [0, 0.1) is 5.92 Å². The normalized spacial score (nSPS) is 11.1. The average molecular weight is 405 g/mol. The molecule has 0 N–H and O–H groups in total. The second kappa shape index (κ2) is 6.33. The lowest BCUT2D eigenvalue weighted by atomic mass is 10.1. The molecule has 5 heteroatoms.